The fourth-order valence-corrected chi connectivity index (χ4v) is 1.96. The van der Waals surface area contributed by atoms with Gasteiger partial charge >= 0.3 is 0 Å². The molecule has 0 aliphatic carbocycles. The first kappa shape index (κ1) is 13.9. The normalized spacial score (nSPS) is 10.6. The number of benzene rings is 2. The molecule has 19 heavy (non-hydrogen) atoms. The number of hydrogen-bond acceptors (Lipinski definition) is 1. The molecule has 100 valence electrons. The molecule has 0 amide bonds. The first-order chi connectivity index (χ1) is 8.97. The standard InChI is InChI=1S/C13H7BrF4O/c1-19-7-4-2-6(3-5-7)8-10(15)12(17)9(14)13(18)11(8)16/h2-5H,1H3. The van der Waals surface area contributed by atoms with Crippen molar-refractivity contribution in [1.82, 2.24) is 0 Å². The van der Waals surface area contributed by atoms with E-state index in [1.54, 1.807) is 0 Å². The molecule has 6 heteroatoms. The summed E-state index contributed by atoms with van der Waals surface area (Å²) in [6.45, 7) is 0. The van der Waals surface area contributed by atoms with Crippen LogP contribution in [0.1, 0.15) is 0 Å². The van der Waals surface area contributed by atoms with Crippen molar-refractivity contribution in [2.45, 2.75) is 0 Å². The molecule has 0 unspecified atom stereocenters. The van der Waals surface area contributed by atoms with Crippen molar-refractivity contribution in [1.29, 1.82) is 0 Å². The highest BCUT2D eigenvalue weighted by Gasteiger charge is 2.24. The van der Waals surface area contributed by atoms with Gasteiger partial charge in [0, 0.05) is 0 Å². The molecule has 2 aromatic carbocycles. The molecular formula is C13H7BrF4O. The third-order valence-electron chi connectivity index (χ3n) is 2.59. The van der Waals surface area contributed by atoms with Gasteiger partial charge < -0.3 is 4.74 Å². The molecule has 0 spiro atoms. The summed E-state index contributed by atoms with van der Waals surface area (Å²) in [5, 5.41) is 0. The summed E-state index contributed by atoms with van der Waals surface area (Å²) in [5.41, 5.74) is -0.734. The quantitative estimate of drug-likeness (QED) is 0.440. The third-order valence-corrected chi connectivity index (χ3v) is 3.28. The monoisotopic (exact) mass is 334 g/mol. The Morgan fingerprint density at radius 3 is 1.74 bits per heavy atom. The number of ether oxygens (including phenoxy) is 1. The second-order valence-electron chi connectivity index (χ2n) is 3.67. The topological polar surface area (TPSA) is 9.23 Å². The Morgan fingerprint density at radius 1 is 0.842 bits per heavy atom. The summed E-state index contributed by atoms with van der Waals surface area (Å²) < 4.78 is 58.3. The van der Waals surface area contributed by atoms with E-state index in [0.29, 0.717) is 5.75 Å². The minimum Gasteiger partial charge on any atom is -0.497 e. The van der Waals surface area contributed by atoms with Gasteiger partial charge in [-0.1, -0.05) is 12.1 Å². The van der Waals surface area contributed by atoms with E-state index in [2.05, 4.69) is 15.9 Å². The summed E-state index contributed by atoms with van der Waals surface area (Å²) in [6.07, 6.45) is 0. The van der Waals surface area contributed by atoms with E-state index in [0.717, 1.165) is 0 Å². The molecule has 0 aliphatic rings. The molecule has 0 bridgehead atoms. The molecule has 0 atom stereocenters. The number of halogens is 5. The molecule has 0 radical (unpaired) electrons. The van der Waals surface area contributed by atoms with Crippen molar-refractivity contribution in [2.24, 2.45) is 0 Å². The average Bonchev–Trinajstić information content (AvgIpc) is 2.44. The van der Waals surface area contributed by atoms with Crippen LogP contribution in [0.15, 0.2) is 28.7 Å². The highest BCUT2D eigenvalue weighted by molar-refractivity contribution is 9.10. The lowest BCUT2D eigenvalue weighted by atomic mass is 10.0. The lowest BCUT2D eigenvalue weighted by Crippen LogP contribution is -2.01. The molecule has 0 fully saturated rings. The van der Waals surface area contributed by atoms with Crippen molar-refractivity contribution >= 4 is 15.9 Å². The van der Waals surface area contributed by atoms with E-state index < -0.39 is 33.3 Å². The zero-order valence-electron chi connectivity index (χ0n) is 9.61. The average molecular weight is 335 g/mol. The van der Waals surface area contributed by atoms with Gasteiger partial charge in [0.25, 0.3) is 0 Å². The SMILES string of the molecule is COc1ccc(-c2c(F)c(F)c(Br)c(F)c2F)cc1. The second-order valence-corrected chi connectivity index (χ2v) is 4.47. The molecule has 0 aliphatic heterocycles. The van der Waals surface area contributed by atoms with Gasteiger partial charge in [0.2, 0.25) is 0 Å². The lowest BCUT2D eigenvalue weighted by Gasteiger charge is -2.09. The zero-order valence-corrected chi connectivity index (χ0v) is 11.2. The Hall–Kier alpha value is -1.56. The predicted molar refractivity (Wildman–Crippen MR) is 66.0 cm³/mol. The van der Waals surface area contributed by atoms with Gasteiger partial charge in [-0.15, -0.1) is 0 Å². The molecule has 0 heterocycles. The van der Waals surface area contributed by atoms with Gasteiger partial charge in [-0.05, 0) is 33.6 Å². The van der Waals surface area contributed by atoms with Crippen molar-refractivity contribution in [3.05, 3.63) is 52.0 Å². The number of methoxy groups -OCH3 is 1. The molecule has 0 saturated carbocycles. The molecule has 0 N–H and O–H groups in total. The summed E-state index contributed by atoms with van der Waals surface area (Å²) in [4.78, 5) is 0. The minimum absolute atomic E-state index is 0.0149. The van der Waals surface area contributed by atoms with Gasteiger partial charge in [0.05, 0.1) is 17.1 Å². The van der Waals surface area contributed by atoms with Crippen molar-refractivity contribution in [3.63, 3.8) is 0 Å². The predicted octanol–water partition coefficient (Wildman–Crippen LogP) is 4.68. The molecule has 0 aromatic heterocycles. The van der Waals surface area contributed by atoms with Crippen LogP contribution in [0.2, 0.25) is 0 Å². The smallest absolute Gasteiger partial charge is 0.176 e. The van der Waals surface area contributed by atoms with Gasteiger partial charge in [-0.2, -0.15) is 0 Å². The van der Waals surface area contributed by atoms with Crippen LogP contribution in [-0.4, -0.2) is 7.11 Å². The van der Waals surface area contributed by atoms with E-state index in [9.17, 15) is 17.6 Å². The maximum absolute atomic E-state index is 13.7. The molecule has 0 saturated heterocycles. The molecular weight excluding hydrogens is 328 g/mol. The summed E-state index contributed by atoms with van der Waals surface area (Å²) in [7, 11) is 1.43. The van der Waals surface area contributed by atoms with Crippen LogP contribution < -0.4 is 4.74 Å². The molecule has 2 aromatic rings. The fourth-order valence-electron chi connectivity index (χ4n) is 1.62. The Labute approximate surface area is 114 Å². The van der Waals surface area contributed by atoms with E-state index in [-0.39, 0.29) is 5.56 Å². The Balaban J connectivity index is 2.67. The van der Waals surface area contributed by atoms with Crippen LogP contribution in [0.4, 0.5) is 17.6 Å². The van der Waals surface area contributed by atoms with Crippen LogP contribution in [0.3, 0.4) is 0 Å². The van der Waals surface area contributed by atoms with Gasteiger partial charge in [-0.25, -0.2) is 17.6 Å². The number of hydrogen-bond donors (Lipinski definition) is 0. The fraction of sp³-hybridized carbons (Fsp3) is 0.0769. The van der Waals surface area contributed by atoms with E-state index in [1.165, 1.54) is 31.4 Å². The molecule has 1 nitrogen and oxygen atoms in total. The van der Waals surface area contributed by atoms with E-state index in [4.69, 9.17) is 4.74 Å². The second kappa shape index (κ2) is 5.21. The van der Waals surface area contributed by atoms with Gasteiger partial charge in [0.1, 0.15) is 5.75 Å². The molecule has 2 rings (SSSR count). The van der Waals surface area contributed by atoms with Crippen molar-refractivity contribution in [2.75, 3.05) is 7.11 Å². The first-order valence-electron chi connectivity index (χ1n) is 5.13. The first-order valence-corrected chi connectivity index (χ1v) is 5.92. The van der Waals surface area contributed by atoms with Crippen molar-refractivity contribution in [3.8, 4) is 16.9 Å². The van der Waals surface area contributed by atoms with Gasteiger partial charge in [0.15, 0.2) is 23.3 Å². The van der Waals surface area contributed by atoms with Crippen LogP contribution in [0.25, 0.3) is 11.1 Å². The van der Waals surface area contributed by atoms with Crippen LogP contribution >= 0.6 is 15.9 Å². The maximum Gasteiger partial charge on any atom is 0.176 e. The summed E-state index contributed by atoms with van der Waals surface area (Å²) in [5.74, 6) is -5.37. The Bertz CT molecular complexity index is 597. The third kappa shape index (κ3) is 2.32. The number of rotatable bonds is 2. The Kier molecular flexibility index (Phi) is 3.80. The minimum atomic E-state index is -1.47. The van der Waals surface area contributed by atoms with Crippen molar-refractivity contribution < 1.29 is 22.3 Å². The van der Waals surface area contributed by atoms with E-state index in [1.807, 2.05) is 0 Å². The lowest BCUT2D eigenvalue weighted by molar-refractivity contribution is 0.415. The van der Waals surface area contributed by atoms with Crippen LogP contribution in [0.5, 0.6) is 5.75 Å². The largest absolute Gasteiger partial charge is 0.497 e. The van der Waals surface area contributed by atoms with Crippen LogP contribution in [-0.2, 0) is 0 Å². The van der Waals surface area contributed by atoms with E-state index >= 15 is 0 Å². The van der Waals surface area contributed by atoms with Crippen LogP contribution in [0, 0.1) is 23.3 Å². The highest BCUT2D eigenvalue weighted by atomic mass is 79.9. The highest BCUT2D eigenvalue weighted by Crippen LogP contribution is 2.34. The summed E-state index contributed by atoms with van der Waals surface area (Å²) >= 11 is 2.46. The zero-order chi connectivity index (χ0) is 14.2. The maximum atomic E-state index is 13.7. The summed E-state index contributed by atoms with van der Waals surface area (Å²) in [6, 6.07) is 5.50. The Morgan fingerprint density at radius 2 is 1.32 bits per heavy atom. The van der Waals surface area contributed by atoms with Gasteiger partial charge in [-0.3, -0.25) is 0 Å².